The summed E-state index contributed by atoms with van der Waals surface area (Å²) in [5, 5.41) is 6.35. The Morgan fingerprint density at radius 3 is 1.40 bits per heavy atom. The van der Waals surface area contributed by atoms with Gasteiger partial charge in [0.15, 0.2) is 16.9 Å². The maximum atomic E-state index is 5.19. The van der Waals surface area contributed by atoms with Gasteiger partial charge in [0.05, 0.1) is 79.5 Å². The fourth-order valence-corrected chi connectivity index (χ4v) is 15.5. The van der Waals surface area contributed by atoms with E-state index in [1.807, 2.05) is 154 Å². The highest BCUT2D eigenvalue weighted by Gasteiger charge is 2.23. The largest absolute Gasteiger partial charge is 0.462 e. The number of fused-ring (bicyclic) bond motifs is 20. The maximum absolute atomic E-state index is 5.19. The number of likely N-dealkylation sites (N-methyl/N-ethyl adjacent to an activating group) is 3. The molecule has 0 atom stereocenters. The lowest BCUT2D eigenvalue weighted by atomic mass is 10.1. The number of nitrogens with one attached hydrogen (secondary N) is 1. The molecule has 0 fully saturated rings. The summed E-state index contributed by atoms with van der Waals surface area (Å²) >= 11 is 0. The number of hydrogen-bond acceptors (Lipinski definition) is 18. The summed E-state index contributed by atoms with van der Waals surface area (Å²) in [6, 6.07) is 65.3. The monoisotopic (exact) mass is 1730 g/mol. The average Bonchev–Trinajstić information content (AvgIpc) is 1.64. The molecule has 0 amide bonds. The number of aromatic amines is 1. The molecule has 26 heteroatoms. The topological polar surface area (TPSA) is 234 Å². The van der Waals surface area contributed by atoms with Gasteiger partial charge in [-0.3, -0.25) is 23.6 Å². The van der Waals surface area contributed by atoms with Crippen molar-refractivity contribution in [3.8, 4) is 0 Å². The Bertz CT molecular complexity index is 6640. The molecule has 0 radical (unpaired) electrons. The van der Waals surface area contributed by atoms with E-state index in [0.29, 0.717) is 0 Å². The van der Waals surface area contributed by atoms with Crippen molar-refractivity contribution in [2.45, 2.75) is 139 Å². The molecule has 1 N–H and O–H groups in total. The highest BCUT2D eigenvalue weighted by Crippen LogP contribution is 2.30. The summed E-state index contributed by atoms with van der Waals surface area (Å²) in [7, 11) is 14.4. The zero-order valence-corrected chi connectivity index (χ0v) is 69.1. The summed E-state index contributed by atoms with van der Waals surface area (Å²) in [4.78, 5) is 62.3. The molecule has 0 aliphatic carbocycles. The molecule has 5 aliphatic heterocycles. The summed E-state index contributed by atoms with van der Waals surface area (Å²) in [5.74, 6) is 6.50. The van der Waals surface area contributed by atoms with Crippen molar-refractivity contribution < 1.29 is 4.42 Å². The Balaban J connectivity index is 0.000000194. The summed E-state index contributed by atoms with van der Waals surface area (Å²) in [6.45, 7) is 15.8. The van der Waals surface area contributed by atoms with Gasteiger partial charge < -0.3 is 52.2 Å². The highest BCUT2D eigenvalue weighted by atomic mass is 16.3. The van der Waals surface area contributed by atoms with E-state index in [9.17, 15) is 0 Å². The van der Waals surface area contributed by atoms with Crippen molar-refractivity contribution in [3.63, 3.8) is 0 Å². The minimum Gasteiger partial charge on any atom is -0.462 e. The van der Waals surface area contributed by atoms with Crippen LogP contribution in [0.4, 0.5) is 29.6 Å². The molecule has 6 aromatic carbocycles. The van der Waals surface area contributed by atoms with Crippen LogP contribution in [0.25, 0.3) is 105 Å². The first kappa shape index (κ1) is 101. The van der Waals surface area contributed by atoms with E-state index in [1.165, 1.54) is 57.9 Å². The number of anilines is 5. The average molecular weight is 1730 g/mol. The molecular weight excluding hydrogens is 1590 g/mol. The fraction of sp³-hybridized carbons (Fsp3) is 0.314. The predicted octanol–water partition coefficient (Wildman–Crippen LogP) is 22.7. The van der Waals surface area contributed by atoms with Gasteiger partial charge in [0, 0.05) is 168 Å². The number of rotatable bonds is 0. The van der Waals surface area contributed by atoms with Crippen molar-refractivity contribution in [2.24, 2.45) is 14.1 Å². The predicted molar refractivity (Wildman–Crippen MR) is 542 cm³/mol. The van der Waals surface area contributed by atoms with E-state index in [0.717, 1.165) is 184 Å². The van der Waals surface area contributed by atoms with Gasteiger partial charge in [-0.15, -0.1) is 0 Å². The summed E-state index contributed by atoms with van der Waals surface area (Å²) < 4.78 is 20.1. The van der Waals surface area contributed by atoms with Crippen LogP contribution in [-0.2, 0) is 46.7 Å². The van der Waals surface area contributed by atoms with Gasteiger partial charge in [0.2, 0.25) is 29.6 Å². The number of para-hydroxylation sites is 10. The van der Waals surface area contributed by atoms with E-state index >= 15 is 0 Å². The van der Waals surface area contributed by atoms with E-state index in [2.05, 4.69) is 264 Å². The molecule has 25 rings (SSSR count). The van der Waals surface area contributed by atoms with Crippen LogP contribution in [0, 0.1) is 20.8 Å². The molecule has 0 spiro atoms. The molecule has 26 nitrogen and oxygen atoms in total. The van der Waals surface area contributed by atoms with Crippen molar-refractivity contribution in [1.82, 2.24) is 96.8 Å². The summed E-state index contributed by atoms with van der Waals surface area (Å²) in [5.41, 5.74) is 22.3. The zero-order chi connectivity index (χ0) is 81.9. The lowest BCUT2D eigenvalue weighted by Gasteiger charge is -2.24. The first-order valence-corrected chi connectivity index (χ1v) is 40.4. The molecular formula is C102H135N25O. The standard InChI is InChI=1S/C12H15N3.C11H13N3.C10H11N3.C10H9N3.C10H9N.C9H10N4.C8H10N2.C8H8N2.C8H7NO.C7H7N3.9CH4/c1-14-8-4-5-9-15-11-7-3-2-6-10(11)13-12(14)15;1-13-7-4-8-14-10-6-3-2-5-9(10)12-11(13)14;2*1-12-6-7-13-9-5-3-2-4-8(9)11-10(12)13;1-8-4-2-5-9-6-3-7-11-10(8)9;1-12-5-6-13-8-7(11-9(12)13)3-2-4-10-8;1-10-6-4-7-3-2-5-9-8(7)10;1-6-3-2-4-7-8(6)10-5-9-7;1-6-5-10-7-3-2-4-9-8(6)7;1-10-7-6(5-9-10)3-2-4-8-7;;;;;;;;;/h2-3,6-7H,4-5,8-9H2,1H3;2-3,5-6H,4,7-8H2,1H3;2-5H,6-7H2,1H3;2-7H,1H3;2-7H,1H3;2-4H,5-6H2,1H3;2-3,5H,4,6H2,1H3;2-5H,1H3,(H,9,10);2*2-5H,1H3;9*1H4. The number of aromatic nitrogens is 20. The van der Waals surface area contributed by atoms with Crippen LogP contribution < -0.4 is 24.5 Å². The fourth-order valence-electron chi connectivity index (χ4n) is 15.5. The quantitative estimate of drug-likeness (QED) is 0.149. The second kappa shape index (κ2) is 46.1. The normalized spacial score (nSPS) is 12.5. The molecule has 128 heavy (non-hydrogen) atoms. The Hall–Kier alpha value is -14.3. The molecule has 19 heterocycles. The number of H-pyrrole nitrogens is 1. The number of pyridine rings is 5. The van der Waals surface area contributed by atoms with E-state index in [-0.39, 0.29) is 66.8 Å². The third-order valence-corrected chi connectivity index (χ3v) is 21.8. The van der Waals surface area contributed by atoms with Crippen LogP contribution in [-0.4, -0.2) is 165 Å². The third-order valence-electron chi connectivity index (χ3n) is 21.8. The molecule has 0 unspecified atom stereocenters. The number of nitrogens with zero attached hydrogens (tertiary/aromatic N) is 24. The van der Waals surface area contributed by atoms with Crippen LogP contribution in [0.5, 0.6) is 0 Å². The Kier molecular flexibility index (Phi) is 36.3. The molecule has 674 valence electrons. The Morgan fingerprint density at radius 2 is 0.797 bits per heavy atom. The van der Waals surface area contributed by atoms with Crippen LogP contribution >= 0.6 is 0 Å². The van der Waals surface area contributed by atoms with Gasteiger partial charge in [-0.2, -0.15) is 5.10 Å². The third kappa shape index (κ3) is 22.0. The second-order valence-corrected chi connectivity index (χ2v) is 30.1. The second-order valence-electron chi connectivity index (χ2n) is 30.1. The zero-order valence-electron chi connectivity index (χ0n) is 69.1. The molecule has 0 saturated carbocycles. The highest BCUT2D eigenvalue weighted by molar-refractivity contribution is 5.84. The van der Waals surface area contributed by atoms with Gasteiger partial charge in [-0.05, 0) is 166 Å². The van der Waals surface area contributed by atoms with Crippen molar-refractivity contribution in [2.75, 3.05) is 92.5 Å². The number of hydrogen-bond donors (Lipinski definition) is 1. The van der Waals surface area contributed by atoms with E-state index in [1.54, 1.807) is 29.7 Å². The van der Waals surface area contributed by atoms with Crippen LogP contribution in [0.1, 0.15) is 108 Å². The molecule has 14 aromatic heterocycles. The number of imidazole rings is 7. The van der Waals surface area contributed by atoms with E-state index < -0.39 is 0 Å². The molecule has 0 bridgehead atoms. The van der Waals surface area contributed by atoms with Crippen LogP contribution in [0.3, 0.4) is 0 Å². The molecule has 0 saturated heterocycles. The first-order valence-electron chi connectivity index (χ1n) is 40.4. The van der Waals surface area contributed by atoms with Gasteiger partial charge in [0.1, 0.15) is 16.9 Å². The lowest BCUT2D eigenvalue weighted by molar-refractivity contribution is 0.591. The van der Waals surface area contributed by atoms with Crippen molar-refractivity contribution in [1.29, 1.82) is 0 Å². The smallest absolute Gasteiger partial charge is 0.214 e. The van der Waals surface area contributed by atoms with Crippen molar-refractivity contribution in [3.05, 3.63) is 279 Å². The lowest BCUT2D eigenvalue weighted by Crippen LogP contribution is -2.28. The molecule has 20 aromatic rings. The number of benzene rings is 6. The SMILES string of the molecule is C.C.C.C.C.C.C.C.C.CN1CCCCn2c1nc1ccccc12.CN1CCCn2c1nc1ccccc12.CN1CCc2cccnc21.CN1CCn2c1nc1ccccc12.CN1CCn2c1nc1cccnc12.Cc1cccc2[nH]cnc12.Cc1cccc2cccnc12.Cc1coc2cccnc12.Cn1ccn2c3ccccc3nc12.Cn1ncc2cccnc21. The Morgan fingerprint density at radius 1 is 0.336 bits per heavy atom. The van der Waals surface area contributed by atoms with Crippen LogP contribution in [0.15, 0.2) is 261 Å². The molecule has 5 aliphatic rings. The number of furan rings is 1. The van der Waals surface area contributed by atoms with Crippen molar-refractivity contribution >= 4 is 135 Å². The van der Waals surface area contributed by atoms with Crippen LogP contribution in [0.2, 0.25) is 0 Å². The minimum atomic E-state index is 0. The number of aryl methyl sites for hydroxylation is 7. The van der Waals surface area contributed by atoms with Gasteiger partial charge in [-0.25, -0.2) is 44.9 Å². The Labute approximate surface area is 756 Å². The summed E-state index contributed by atoms with van der Waals surface area (Å²) in [6.07, 6.45) is 23.2. The first-order chi connectivity index (χ1) is 58.2. The van der Waals surface area contributed by atoms with Gasteiger partial charge in [-0.1, -0.05) is 158 Å². The minimum absolute atomic E-state index is 0. The van der Waals surface area contributed by atoms with E-state index in [4.69, 9.17) is 4.42 Å². The van der Waals surface area contributed by atoms with Gasteiger partial charge >= 0.3 is 0 Å². The maximum Gasteiger partial charge on any atom is 0.214 e. The van der Waals surface area contributed by atoms with Gasteiger partial charge in [0.25, 0.3) is 0 Å².